The molecule has 28 heavy (non-hydrogen) atoms. The molecule has 0 spiro atoms. The van der Waals surface area contributed by atoms with Crippen LogP contribution in [0.4, 0.5) is 5.69 Å². The number of hydrogen-bond donors (Lipinski definition) is 1. The molecule has 0 bridgehead atoms. The molecule has 1 aromatic carbocycles. The predicted molar refractivity (Wildman–Crippen MR) is 113 cm³/mol. The predicted octanol–water partition coefficient (Wildman–Crippen LogP) is 3.75. The molecule has 2 aliphatic rings. The summed E-state index contributed by atoms with van der Waals surface area (Å²) in [6.07, 6.45) is 5.57. The normalized spacial score (nSPS) is 19.6. The van der Waals surface area contributed by atoms with Gasteiger partial charge in [0, 0.05) is 37.2 Å². The Morgan fingerprint density at radius 1 is 1.00 bits per heavy atom. The summed E-state index contributed by atoms with van der Waals surface area (Å²) >= 11 is 0. The van der Waals surface area contributed by atoms with E-state index in [0.717, 1.165) is 64.0 Å². The van der Waals surface area contributed by atoms with Gasteiger partial charge in [0.25, 0.3) is 0 Å². The van der Waals surface area contributed by atoms with E-state index >= 15 is 0 Å². The summed E-state index contributed by atoms with van der Waals surface area (Å²) < 4.78 is 0. The van der Waals surface area contributed by atoms with Gasteiger partial charge in [-0.25, -0.2) is 0 Å². The van der Waals surface area contributed by atoms with Crippen molar-refractivity contribution in [3.8, 4) is 0 Å². The summed E-state index contributed by atoms with van der Waals surface area (Å²) in [5, 5.41) is 3.10. The molecule has 3 rings (SSSR count). The van der Waals surface area contributed by atoms with Crippen LogP contribution in [0.1, 0.15) is 56.6 Å². The number of anilines is 1. The van der Waals surface area contributed by atoms with Crippen molar-refractivity contribution in [3.63, 3.8) is 0 Å². The van der Waals surface area contributed by atoms with Crippen molar-refractivity contribution in [1.82, 2.24) is 9.80 Å². The minimum Gasteiger partial charge on any atom is -0.343 e. The highest BCUT2D eigenvalue weighted by molar-refractivity contribution is 5.92. The van der Waals surface area contributed by atoms with Crippen molar-refractivity contribution >= 4 is 17.5 Å². The molecule has 5 heteroatoms. The highest BCUT2D eigenvalue weighted by Gasteiger charge is 2.31. The van der Waals surface area contributed by atoms with E-state index < -0.39 is 0 Å². The molecule has 0 aliphatic carbocycles. The highest BCUT2D eigenvalue weighted by Crippen LogP contribution is 2.25. The Labute approximate surface area is 169 Å². The summed E-state index contributed by atoms with van der Waals surface area (Å²) in [7, 11) is 0. The first-order chi connectivity index (χ1) is 13.5. The first-order valence-corrected chi connectivity index (χ1v) is 10.9. The lowest BCUT2D eigenvalue weighted by atomic mass is 9.92. The van der Waals surface area contributed by atoms with E-state index in [-0.39, 0.29) is 11.8 Å². The lowest BCUT2D eigenvalue weighted by molar-refractivity contribution is -0.133. The molecule has 5 nitrogen and oxygen atoms in total. The summed E-state index contributed by atoms with van der Waals surface area (Å²) in [6.45, 7) is 9.96. The molecule has 0 aromatic heterocycles. The largest absolute Gasteiger partial charge is 0.343 e. The number of benzene rings is 1. The van der Waals surface area contributed by atoms with Crippen LogP contribution in [0.3, 0.4) is 0 Å². The van der Waals surface area contributed by atoms with Crippen molar-refractivity contribution in [3.05, 3.63) is 29.3 Å². The Balaban J connectivity index is 1.43. The van der Waals surface area contributed by atoms with Gasteiger partial charge in [0.15, 0.2) is 0 Å². The molecule has 0 unspecified atom stereocenters. The van der Waals surface area contributed by atoms with Gasteiger partial charge in [-0.1, -0.05) is 13.0 Å². The number of aryl methyl sites for hydroxylation is 2. The summed E-state index contributed by atoms with van der Waals surface area (Å²) in [4.78, 5) is 29.3. The quantitative estimate of drug-likeness (QED) is 0.840. The molecule has 0 saturated carbocycles. The number of piperidine rings is 2. The topological polar surface area (TPSA) is 52.7 Å². The van der Waals surface area contributed by atoms with Gasteiger partial charge in [0.1, 0.15) is 0 Å². The van der Waals surface area contributed by atoms with Gasteiger partial charge in [-0.3, -0.25) is 9.59 Å². The van der Waals surface area contributed by atoms with E-state index in [9.17, 15) is 9.59 Å². The van der Waals surface area contributed by atoms with Crippen LogP contribution in [0.2, 0.25) is 0 Å². The number of carbonyl (C=O) groups is 2. The standard InChI is InChI=1S/C23H35N3O2/c1-4-5-22(27)26-14-10-21(11-15-26)25-12-8-19(9-13-25)23(28)24-20-7-6-17(2)18(3)16-20/h6-7,16,19,21H,4-5,8-15H2,1-3H3,(H,24,28). The molecule has 0 radical (unpaired) electrons. The van der Waals surface area contributed by atoms with Crippen molar-refractivity contribution < 1.29 is 9.59 Å². The number of hydrogen-bond acceptors (Lipinski definition) is 3. The second kappa shape index (κ2) is 9.55. The Bertz CT molecular complexity index is 687. The number of carbonyl (C=O) groups excluding carboxylic acids is 2. The zero-order valence-electron chi connectivity index (χ0n) is 17.7. The maximum atomic E-state index is 12.7. The number of amides is 2. The SMILES string of the molecule is CCCC(=O)N1CCC(N2CCC(C(=O)Nc3ccc(C)c(C)c3)CC2)CC1. The molecule has 2 fully saturated rings. The van der Waals surface area contributed by atoms with Crippen LogP contribution in [-0.2, 0) is 9.59 Å². The Kier molecular flexibility index (Phi) is 7.11. The molecular formula is C23H35N3O2. The van der Waals surface area contributed by atoms with Crippen LogP contribution in [0.5, 0.6) is 0 Å². The van der Waals surface area contributed by atoms with E-state index in [4.69, 9.17) is 0 Å². The summed E-state index contributed by atoms with van der Waals surface area (Å²) in [6, 6.07) is 6.67. The molecule has 2 heterocycles. The number of rotatable bonds is 5. The van der Waals surface area contributed by atoms with Crippen LogP contribution in [0.15, 0.2) is 18.2 Å². The molecule has 0 atom stereocenters. The second-order valence-corrected chi connectivity index (χ2v) is 8.46. The van der Waals surface area contributed by atoms with Crippen LogP contribution >= 0.6 is 0 Å². The minimum atomic E-state index is 0.101. The lowest BCUT2D eigenvalue weighted by Gasteiger charge is -2.41. The minimum absolute atomic E-state index is 0.101. The fourth-order valence-corrected chi connectivity index (χ4v) is 4.44. The highest BCUT2D eigenvalue weighted by atomic mass is 16.2. The van der Waals surface area contributed by atoms with Gasteiger partial charge >= 0.3 is 0 Å². The second-order valence-electron chi connectivity index (χ2n) is 8.46. The lowest BCUT2D eigenvalue weighted by Crippen LogP contribution is -2.49. The average Bonchev–Trinajstić information content (AvgIpc) is 2.71. The van der Waals surface area contributed by atoms with Crippen molar-refractivity contribution in [1.29, 1.82) is 0 Å². The third kappa shape index (κ3) is 5.13. The van der Waals surface area contributed by atoms with Crippen LogP contribution in [-0.4, -0.2) is 53.8 Å². The monoisotopic (exact) mass is 385 g/mol. The Hall–Kier alpha value is -1.88. The van der Waals surface area contributed by atoms with Gasteiger partial charge in [-0.2, -0.15) is 0 Å². The summed E-state index contributed by atoms with van der Waals surface area (Å²) in [5.74, 6) is 0.564. The summed E-state index contributed by atoms with van der Waals surface area (Å²) in [5.41, 5.74) is 3.35. The molecular weight excluding hydrogens is 350 g/mol. The molecule has 1 N–H and O–H groups in total. The number of nitrogens with one attached hydrogen (secondary N) is 1. The van der Waals surface area contributed by atoms with Gasteiger partial charge in [-0.15, -0.1) is 0 Å². The van der Waals surface area contributed by atoms with E-state index in [0.29, 0.717) is 18.4 Å². The molecule has 2 saturated heterocycles. The van der Waals surface area contributed by atoms with E-state index in [2.05, 4.69) is 43.1 Å². The average molecular weight is 386 g/mol. The van der Waals surface area contributed by atoms with Crippen LogP contribution < -0.4 is 5.32 Å². The van der Waals surface area contributed by atoms with Gasteiger partial charge < -0.3 is 15.1 Å². The van der Waals surface area contributed by atoms with E-state index in [1.54, 1.807) is 0 Å². The van der Waals surface area contributed by atoms with Gasteiger partial charge in [0.2, 0.25) is 11.8 Å². The fraction of sp³-hybridized carbons (Fsp3) is 0.652. The van der Waals surface area contributed by atoms with Crippen molar-refractivity contribution in [2.24, 2.45) is 5.92 Å². The first-order valence-electron chi connectivity index (χ1n) is 10.9. The third-order valence-electron chi connectivity index (χ3n) is 6.47. The maximum absolute atomic E-state index is 12.7. The van der Waals surface area contributed by atoms with E-state index in [1.807, 2.05) is 11.0 Å². The van der Waals surface area contributed by atoms with E-state index in [1.165, 1.54) is 11.1 Å². The third-order valence-corrected chi connectivity index (χ3v) is 6.47. The molecule has 154 valence electrons. The van der Waals surface area contributed by atoms with Crippen LogP contribution in [0, 0.1) is 19.8 Å². The smallest absolute Gasteiger partial charge is 0.227 e. The zero-order chi connectivity index (χ0) is 20.1. The van der Waals surface area contributed by atoms with Crippen molar-refractivity contribution in [2.45, 2.75) is 65.3 Å². The van der Waals surface area contributed by atoms with Gasteiger partial charge in [0.05, 0.1) is 0 Å². The maximum Gasteiger partial charge on any atom is 0.227 e. The van der Waals surface area contributed by atoms with Crippen molar-refractivity contribution in [2.75, 3.05) is 31.5 Å². The first kappa shape index (κ1) is 20.8. The number of nitrogens with zero attached hydrogens (tertiary/aromatic N) is 2. The molecule has 1 aromatic rings. The molecule has 2 aliphatic heterocycles. The fourth-order valence-electron chi connectivity index (χ4n) is 4.44. The Morgan fingerprint density at radius 3 is 2.29 bits per heavy atom. The van der Waals surface area contributed by atoms with Gasteiger partial charge in [-0.05, 0) is 82.3 Å². The van der Waals surface area contributed by atoms with Crippen LogP contribution in [0.25, 0.3) is 0 Å². The molecule has 2 amide bonds. The Morgan fingerprint density at radius 2 is 1.68 bits per heavy atom. The number of likely N-dealkylation sites (tertiary alicyclic amines) is 2. The zero-order valence-corrected chi connectivity index (χ0v) is 17.7.